The highest BCUT2D eigenvalue weighted by Crippen LogP contribution is 2.16. The van der Waals surface area contributed by atoms with Crippen LogP contribution in [0, 0.1) is 0 Å². The molecule has 2 rings (SSSR count). The van der Waals surface area contributed by atoms with E-state index in [1.165, 1.54) is 4.68 Å². The first-order valence-corrected chi connectivity index (χ1v) is 4.46. The van der Waals surface area contributed by atoms with Crippen LogP contribution in [0.3, 0.4) is 0 Å². The van der Waals surface area contributed by atoms with Crippen molar-refractivity contribution in [3.63, 3.8) is 0 Å². The van der Waals surface area contributed by atoms with Crippen LogP contribution in [0.25, 0.3) is 5.69 Å². The van der Waals surface area contributed by atoms with Crippen molar-refractivity contribution >= 4 is 6.29 Å². The summed E-state index contributed by atoms with van der Waals surface area (Å²) in [7, 11) is 0. The number of aromatic nitrogens is 3. The average Bonchev–Trinajstić information content (AvgIpc) is 2.78. The Morgan fingerprint density at radius 1 is 1.25 bits per heavy atom. The van der Waals surface area contributed by atoms with Gasteiger partial charge < -0.3 is 0 Å². The molecule has 0 bridgehead atoms. The van der Waals surface area contributed by atoms with Gasteiger partial charge in [-0.2, -0.15) is 0 Å². The standard InChI is InChI=1S/C10H7F2N3O/c11-10(12)9-5-15(14-13-9)8-3-1-7(6-16)2-4-8/h1-6,10H. The molecule has 82 valence electrons. The van der Waals surface area contributed by atoms with Crippen LogP contribution in [-0.4, -0.2) is 21.3 Å². The molecule has 16 heavy (non-hydrogen) atoms. The van der Waals surface area contributed by atoms with E-state index >= 15 is 0 Å². The summed E-state index contributed by atoms with van der Waals surface area (Å²) < 4.78 is 25.7. The Hall–Kier alpha value is -2.11. The molecule has 0 saturated carbocycles. The number of alkyl halides is 2. The lowest BCUT2D eigenvalue weighted by atomic mass is 10.2. The van der Waals surface area contributed by atoms with Crippen LogP contribution in [-0.2, 0) is 0 Å². The summed E-state index contributed by atoms with van der Waals surface area (Å²) in [5.74, 6) is 0. The van der Waals surface area contributed by atoms with E-state index in [1.54, 1.807) is 24.3 Å². The number of nitrogens with zero attached hydrogens (tertiary/aromatic N) is 3. The van der Waals surface area contributed by atoms with Crippen LogP contribution < -0.4 is 0 Å². The molecule has 0 radical (unpaired) electrons. The Balaban J connectivity index is 2.31. The fourth-order valence-corrected chi connectivity index (χ4v) is 1.21. The maximum absolute atomic E-state index is 12.3. The zero-order valence-electron chi connectivity index (χ0n) is 8.05. The number of carbonyl (C=O) groups is 1. The van der Waals surface area contributed by atoms with Crippen molar-refractivity contribution in [2.45, 2.75) is 6.43 Å². The zero-order valence-corrected chi connectivity index (χ0v) is 8.05. The first-order valence-electron chi connectivity index (χ1n) is 4.46. The van der Waals surface area contributed by atoms with Crippen LogP contribution >= 0.6 is 0 Å². The molecule has 0 N–H and O–H groups in total. The highest BCUT2D eigenvalue weighted by Gasteiger charge is 2.12. The van der Waals surface area contributed by atoms with Gasteiger partial charge in [0.15, 0.2) is 0 Å². The lowest BCUT2D eigenvalue weighted by molar-refractivity contribution is 0.112. The Kier molecular flexibility index (Phi) is 2.72. The van der Waals surface area contributed by atoms with E-state index in [0.29, 0.717) is 17.5 Å². The molecule has 6 heteroatoms. The molecule has 1 aromatic heterocycles. The molecule has 0 aliphatic carbocycles. The number of hydrogen-bond donors (Lipinski definition) is 0. The molecular formula is C10H7F2N3O. The minimum atomic E-state index is -2.64. The number of rotatable bonds is 3. The van der Waals surface area contributed by atoms with Crippen LogP contribution in [0.4, 0.5) is 8.78 Å². The SMILES string of the molecule is O=Cc1ccc(-n2cc(C(F)F)nn2)cc1. The van der Waals surface area contributed by atoms with E-state index < -0.39 is 6.43 Å². The van der Waals surface area contributed by atoms with Crippen molar-refractivity contribution in [3.8, 4) is 5.69 Å². The second kappa shape index (κ2) is 4.18. The van der Waals surface area contributed by atoms with Gasteiger partial charge in [0.2, 0.25) is 0 Å². The van der Waals surface area contributed by atoms with E-state index in [1.807, 2.05) is 0 Å². The number of carbonyl (C=O) groups excluding carboxylic acids is 1. The van der Waals surface area contributed by atoms with E-state index in [2.05, 4.69) is 10.3 Å². The fraction of sp³-hybridized carbons (Fsp3) is 0.100. The van der Waals surface area contributed by atoms with Crippen molar-refractivity contribution in [1.29, 1.82) is 0 Å². The third-order valence-corrected chi connectivity index (χ3v) is 2.03. The van der Waals surface area contributed by atoms with Crippen LogP contribution in [0.15, 0.2) is 30.5 Å². The molecule has 0 unspecified atom stereocenters. The molecule has 0 amide bonds. The highest BCUT2D eigenvalue weighted by molar-refractivity contribution is 5.75. The molecular weight excluding hydrogens is 216 g/mol. The molecule has 1 aromatic carbocycles. The molecule has 0 fully saturated rings. The van der Waals surface area contributed by atoms with Gasteiger partial charge in [-0.05, 0) is 24.3 Å². The first kappa shape index (κ1) is 10.4. The third kappa shape index (κ3) is 1.95. The van der Waals surface area contributed by atoms with Gasteiger partial charge in [-0.3, -0.25) is 4.79 Å². The van der Waals surface area contributed by atoms with Gasteiger partial charge in [0.05, 0.1) is 11.9 Å². The molecule has 0 aliphatic heterocycles. The summed E-state index contributed by atoms with van der Waals surface area (Å²) in [5.41, 5.74) is 0.711. The molecule has 0 spiro atoms. The van der Waals surface area contributed by atoms with Gasteiger partial charge in [-0.1, -0.05) is 5.21 Å². The molecule has 0 atom stereocenters. The molecule has 2 aromatic rings. The van der Waals surface area contributed by atoms with Crippen molar-refractivity contribution in [3.05, 3.63) is 41.7 Å². The predicted molar refractivity (Wildman–Crippen MR) is 51.7 cm³/mol. The number of hydrogen-bond acceptors (Lipinski definition) is 3. The van der Waals surface area contributed by atoms with Crippen LogP contribution in [0.5, 0.6) is 0 Å². The molecule has 0 aliphatic rings. The first-order chi connectivity index (χ1) is 7.70. The van der Waals surface area contributed by atoms with Crippen molar-refractivity contribution in [1.82, 2.24) is 15.0 Å². The lowest BCUT2D eigenvalue weighted by Crippen LogP contribution is -1.94. The third-order valence-electron chi connectivity index (χ3n) is 2.03. The van der Waals surface area contributed by atoms with Gasteiger partial charge >= 0.3 is 0 Å². The normalized spacial score (nSPS) is 10.7. The maximum Gasteiger partial charge on any atom is 0.283 e. The minimum absolute atomic E-state index is 0.375. The zero-order chi connectivity index (χ0) is 11.5. The quantitative estimate of drug-likeness (QED) is 0.748. The van der Waals surface area contributed by atoms with Crippen molar-refractivity contribution < 1.29 is 13.6 Å². The van der Waals surface area contributed by atoms with Gasteiger partial charge in [0.1, 0.15) is 12.0 Å². The summed E-state index contributed by atoms with van der Waals surface area (Å²) >= 11 is 0. The number of aldehydes is 1. The summed E-state index contributed by atoms with van der Waals surface area (Å²) in [6, 6.07) is 6.36. The largest absolute Gasteiger partial charge is 0.298 e. The van der Waals surface area contributed by atoms with Gasteiger partial charge in [0.25, 0.3) is 6.43 Å². The minimum Gasteiger partial charge on any atom is -0.298 e. The molecule has 4 nitrogen and oxygen atoms in total. The van der Waals surface area contributed by atoms with Gasteiger partial charge in [-0.15, -0.1) is 5.10 Å². The van der Waals surface area contributed by atoms with Crippen molar-refractivity contribution in [2.75, 3.05) is 0 Å². The lowest BCUT2D eigenvalue weighted by Gasteiger charge is -1.98. The molecule has 1 heterocycles. The summed E-state index contributed by atoms with van der Waals surface area (Å²) in [4.78, 5) is 10.4. The Morgan fingerprint density at radius 2 is 1.94 bits per heavy atom. The summed E-state index contributed by atoms with van der Waals surface area (Å²) in [6.45, 7) is 0. The van der Waals surface area contributed by atoms with E-state index in [-0.39, 0.29) is 5.69 Å². The van der Waals surface area contributed by atoms with E-state index in [9.17, 15) is 13.6 Å². The average molecular weight is 223 g/mol. The monoisotopic (exact) mass is 223 g/mol. The number of benzene rings is 1. The second-order valence-electron chi connectivity index (χ2n) is 3.10. The van der Waals surface area contributed by atoms with E-state index in [4.69, 9.17) is 0 Å². The predicted octanol–water partition coefficient (Wildman–Crippen LogP) is 2.02. The maximum atomic E-state index is 12.3. The van der Waals surface area contributed by atoms with E-state index in [0.717, 1.165) is 6.20 Å². The van der Waals surface area contributed by atoms with Crippen LogP contribution in [0.2, 0.25) is 0 Å². The Bertz CT molecular complexity index is 493. The van der Waals surface area contributed by atoms with Crippen LogP contribution in [0.1, 0.15) is 22.5 Å². The van der Waals surface area contributed by atoms with Crippen molar-refractivity contribution in [2.24, 2.45) is 0 Å². The summed E-state index contributed by atoms with van der Waals surface area (Å²) in [5, 5.41) is 6.89. The second-order valence-corrected chi connectivity index (χ2v) is 3.10. The Labute approximate surface area is 89.5 Å². The molecule has 0 saturated heterocycles. The smallest absolute Gasteiger partial charge is 0.283 e. The highest BCUT2D eigenvalue weighted by atomic mass is 19.3. The number of halogens is 2. The summed E-state index contributed by atoms with van der Waals surface area (Å²) in [6.07, 6.45) is -0.779. The van der Waals surface area contributed by atoms with Gasteiger partial charge in [0, 0.05) is 5.56 Å². The Morgan fingerprint density at radius 3 is 2.44 bits per heavy atom. The fourth-order valence-electron chi connectivity index (χ4n) is 1.21. The van der Waals surface area contributed by atoms with Gasteiger partial charge in [-0.25, -0.2) is 13.5 Å². The topological polar surface area (TPSA) is 47.8 Å².